The lowest BCUT2D eigenvalue weighted by Crippen LogP contribution is -2.41. The molecule has 0 spiro atoms. The van der Waals surface area contributed by atoms with Crippen molar-refractivity contribution >= 4 is 17.5 Å². The first-order valence-electron chi connectivity index (χ1n) is 10.3. The molecule has 1 aliphatic heterocycles. The van der Waals surface area contributed by atoms with Gasteiger partial charge in [-0.3, -0.25) is 4.99 Å². The molecular formula is C23H26F2N6O. The van der Waals surface area contributed by atoms with Gasteiger partial charge in [0, 0.05) is 44.0 Å². The number of imidazole rings is 1. The fraction of sp³-hybridized carbons (Fsp3) is 0.304. The van der Waals surface area contributed by atoms with E-state index in [0.29, 0.717) is 24.4 Å². The van der Waals surface area contributed by atoms with E-state index in [1.165, 1.54) is 6.21 Å². The molecule has 2 aromatic heterocycles. The fourth-order valence-corrected chi connectivity index (χ4v) is 3.85. The maximum absolute atomic E-state index is 15.2. The average molecular weight is 440 g/mol. The summed E-state index contributed by atoms with van der Waals surface area (Å²) in [5.41, 5.74) is 13.5. The van der Waals surface area contributed by atoms with Crippen molar-refractivity contribution < 1.29 is 13.5 Å². The lowest BCUT2D eigenvalue weighted by Gasteiger charge is -2.30. The van der Waals surface area contributed by atoms with Crippen molar-refractivity contribution in [1.82, 2.24) is 14.3 Å². The van der Waals surface area contributed by atoms with Gasteiger partial charge in [0.05, 0.1) is 47.3 Å². The lowest BCUT2D eigenvalue weighted by molar-refractivity contribution is -0.0190. The molecule has 32 heavy (non-hydrogen) atoms. The van der Waals surface area contributed by atoms with Gasteiger partial charge in [-0.1, -0.05) is 0 Å². The van der Waals surface area contributed by atoms with E-state index in [1.807, 2.05) is 36.7 Å². The Hall–Kier alpha value is -3.30. The molecule has 9 heteroatoms. The van der Waals surface area contributed by atoms with Gasteiger partial charge in [0.2, 0.25) is 0 Å². The molecule has 1 saturated heterocycles. The van der Waals surface area contributed by atoms with E-state index in [-0.39, 0.29) is 28.7 Å². The van der Waals surface area contributed by atoms with Gasteiger partial charge in [-0.05, 0) is 31.7 Å². The highest BCUT2D eigenvalue weighted by atomic mass is 19.1. The highest BCUT2D eigenvalue weighted by Crippen LogP contribution is 2.33. The van der Waals surface area contributed by atoms with Crippen LogP contribution in [0.3, 0.4) is 0 Å². The van der Waals surface area contributed by atoms with Crippen molar-refractivity contribution in [1.29, 1.82) is 0 Å². The number of morpholine rings is 1. The molecule has 0 radical (unpaired) electrons. The first kappa shape index (κ1) is 21.9. The van der Waals surface area contributed by atoms with Crippen molar-refractivity contribution in [2.45, 2.75) is 19.4 Å². The van der Waals surface area contributed by atoms with E-state index in [4.69, 9.17) is 16.2 Å². The fourth-order valence-electron chi connectivity index (χ4n) is 3.85. The van der Waals surface area contributed by atoms with E-state index in [0.717, 1.165) is 37.0 Å². The number of fused-ring (bicyclic) bond motifs is 1. The summed E-state index contributed by atoms with van der Waals surface area (Å²) in [7, 11) is 2.03. The Morgan fingerprint density at radius 3 is 2.75 bits per heavy atom. The minimum atomic E-state index is -0.754. The zero-order valence-electron chi connectivity index (χ0n) is 18.1. The summed E-state index contributed by atoms with van der Waals surface area (Å²) in [6.45, 7) is 4.14. The third kappa shape index (κ3) is 4.49. The van der Waals surface area contributed by atoms with Crippen LogP contribution >= 0.6 is 0 Å². The molecule has 1 atom stereocenters. The molecule has 1 fully saturated rings. The number of rotatable bonds is 5. The number of benzene rings is 1. The number of nitrogens with zero attached hydrogens (tertiary/aromatic N) is 4. The molecule has 0 amide bonds. The van der Waals surface area contributed by atoms with Crippen LogP contribution in [0.2, 0.25) is 0 Å². The first-order chi connectivity index (χ1) is 15.4. The van der Waals surface area contributed by atoms with Gasteiger partial charge in [-0.2, -0.15) is 0 Å². The SMILES string of the molecule is Cc1ccn2c(CC3CN(C)CCO3)c(-c3c(F)cc(N=CC(N)=CN)cc3F)nc2c1. The largest absolute Gasteiger partial charge is 0.403 e. The summed E-state index contributed by atoms with van der Waals surface area (Å²) in [4.78, 5) is 10.8. The summed E-state index contributed by atoms with van der Waals surface area (Å²) in [6.07, 6.45) is 4.64. The van der Waals surface area contributed by atoms with E-state index in [9.17, 15) is 0 Å². The number of aliphatic imine (C=N–C) groups is 1. The minimum absolute atomic E-state index is 0.0898. The third-order valence-corrected chi connectivity index (χ3v) is 5.46. The van der Waals surface area contributed by atoms with Gasteiger partial charge < -0.3 is 25.5 Å². The first-order valence-corrected chi connectivity index (χ1v) is 10.3. The Kier molecular flexibility index (Phi) is 6.20. The average Bonchev–Trinajstić information content (AvgIpc) is 3.08. The third-order valence-electron chi connectivity index (χ3n) is 5.46. The summed E-state index contributed by atoms with van der Waals surface area (Å²) in [5, 5.41) is 0. The van der Waals surface area contributed by atoms with Crippen molar-refractivity contribution in [2.75, 3.05) is 26.7 Å². The molecule has 3 heterocycles. The van der Waals surface area contributed by atoms with Gasteiger partial charge in [-0.25, -0.2) is 13.8 Å². The van der Waals surface area contributed by atoms with Gasteiger partial charge in [-0.15, -0.1) is 0 Å². The summed E-state index contributed by atoms with van der Waals surface area (Å²) >= 11 is 0. The van der Waals surface area contributed by atoms with Gasteiger partial charge in [0.25, 0.3) is 0 Å². The molecule has 1 aliphatic rings. The molecule has 0 bridgehead atoms. The number of pyridine rings is 1. The number of nitrogens with two attached hydrogens (primary N) is 2. The van der Waals surface area contributed by atoms with Gasteiger partial charge in [0.1, 0.15) is 17.3 Å². The van der Waals surface area contributed by atoms with Crippen LogP contribution in [-0.4, -0.2) is 53.3 Å². The quantitative estimate of drug-likeness (QED) is 0.595. The standard InChI is InChI=1S/C23H26F2N6O/c1-14-3-4-31-20(10-17-13-30(2)5-6-32-17)23(29-21(31)7-14)22-18(24)8-16(9-19(22)25)28-12-15(27)11-26/h3-4,7-9,11-12,17H,5-6,10,13,26-27H2,1-2H3. The monoisotopic (exact) mass is 440 g/mol. The van der Waals surface area contributed by atoms with Gasteiger partial charge >= 0.3 is 0 Å². The molecule has 3 aromatic rings. The molecule has 1 aromatic carbocycles. The number of halogens is 2. The van der Waals surface area contributed by atoms with Crippen molar-refractivity contribution in [3.63, 3.8) is 0 Å². The smallest absolute Gasteiger partial charge is 0.137 e. The number of hydrogen-bond acceptors (Lipinski definition) is 6. The van der Waals surface area contributed by atoms with E-state index < -0.39 is 11.6 Å². The van der Waals surface area contributed by atoms with Gasteiger partial charge in [0.15, 0.2) is 0 Å². The number of hydrogen-bond donors (Lipinski definition) is 2. The predicted octanol–water partition coefficient (Wildman–Crippen LogP) is 2.92. The second kappa shape index (κ2) is 9.05. The maximum atomic E-state index is 15.2. The van der Waals surface area contributed by atoms with Crippen LogP contribution < -0.4 is 11.5 Å². The number of ether oxygens (including phenoxy) is 1. The van der Waals surface area contributed by atoms with Crippen LogP contribution in [0.4, 0.5) is 14.5 Å². The molecule has 168 valence electrons. The maximum Gasteiger partial charge on any atom is 0.137 e. The lowest BCUT2D eigenvalue weighted by atomic mass is 10.0. The summed E-state index contributed by atoms with van der Waals surface area (Å²) < 4.78 is 38.1. The van der Waals surface area contributed by atoms with Crippen molar-refractivity contribution in [2.24, 2.45) is 16.5 Å². The molecule has 1 unspecified atom stereocenters. The highest BCUT2D eigenvalue weighted by Gasteiger charge is 2.26. The van der Waals surface area contributed by atoms with Crippen LogP contribution in [0.5, 0.6) is 0 Å². The Morgan fingerprint density at radius 1 is 1.31 bits per heavy atom. The number of likely N-dealkylation sites (N-methyl/N-ethyl adjacent to an activating group) is 1. The minimum Gasteiger partial charge on any atom is -0.403 e. The summed E-state index contributed by atoms with van der Waals surface area (Å²) in [5.74, 6) is -1.51. The number of aryl methyl sites for hydroxylation is 1. The highest BCUT2D eigenvalue weighted by molar-refractivity contribution is 5.80. The van der Waals surface area contributed by atoms with Crippen molar-refractivity contribution in [3.8, 4) is 11.3 Å². The molecular weight excluding hydrogens is 414 g/mol. The van der Waals surface area contributed by atoms with Crippen LogP contribution in [0.15, 0.2) is 47.4 Å². The Balaban J connectivity index is 1.80. The molecule has 0 saturated carbocycles. The molecule has 7 nitrogen and oxygen atoms in total. The summed E-state index contributed by atoms with van der Waals surface area (Å²) in [6, 6.07) is 6.14. The normalized spacial score (nSPS) is 18.1. The van der Waals surface area contributed by atoms with Crippen LogP contribution in [0, 0.1) is 18.6 Å². The predicted molar refractivity (Wildman–Crippen MR) is 121 cm³/mol. The zero-order chi connectivity index (χ0) is 22.8. The van der Waals surface area contributed by atoms with Crippen LogP contribution in [-0.2, 0) is 11.2 Å². The molecule has 0 aliphatic carbocycles. The number of aromatic nitrogens is 2. The Labute approximate surface area is 185 Å². The second-order valence-corrected chi connectivity index (χ2v) is 8.01. The van der Waals surface area contributed by atoms with E-state index >= 15 is 8.78 Å². The second-order valence-electron chi connectivity index (χ2n) is 8.01. The Morgan fingerprint density at radius 2 is 2.06 bits per heavy atom. The Bertz CT molecular complexity index is 1180. The number of allylic oxidation sites excluding steroid dienone is 1. The zero-order valence-corrected chi connectivity index (χ0v) is 18.1. The van der Waals surface area contributed by atoms with Crippen LogP contribution in [0.1, 0.15) is 11.3 Å². The van der Waals surface area contributed by atoms with E-state index in [1.54, 1.807) is 0 Å². The topological polar surface area (TPSA) is 94.2 Å². The van der Waals surface area contributed by atoms with Crippen molar-refractivity contribution in [3.05, 3.63) is 65.3 Å². The van der Waals surface area contributed by atoms with Crippen LogP contribution in [0.25, 0.3) is 16.9 Å². The molecule has 4 N–H and O–H groups in total. The molecule has 4 rings (SSSR count). The van der Waals surface area contributed by atoms with E-state index in [2.05, 4.69) is 14.9 Å².